The van der Waals surface area contributed by atoms with E-state index in [0.717, 1.165) is 16.4 Å². The van der Waals surface area contributed by atoms with Gasteiger partial charge in [-0.05, 0) is 25.1 Å². The predicted molar refractivity (Wildman–Crippen MR) is 63.4 cm³/mol. The predicted octanol–water partition coefficient (Wildman–Crippen LogP) is 2.82. The molecular formula is C11H13BrN2. The Morgan fingerprint density at radius 1 is 1.50 bits per heavy atom. The zero-order valence-corrected chi connectivity index (χ0v) is 9.64. The summed E-state index contributed by atoms with van der Waals surface area (Å²) in [5.41, 5.74) is 8.11. The minimum absolute atomic E-state index is 0.196. The Balaban J connectivity index is 2.46. The molecule has 3 N–H and O–H groups in total. The first-order valence-electron chi connectivity index (χ1n) is 4.68. The lowest BCUT2D eigenvalue weighted by Crippen LogP contribution is -2.17. The Morgan fingerprint density at radius 2 is 2.29 bits per heavy atom. The van der Waals surface area contributed by atoms with Crippen molar-refractivity contribution in [2.45, 2.75) is 19.4 Å². The van der Waals surface area contributed by atoms with Crippen LogP contribution in [-0.2, 0) is 6.42 Å². The maximum atomic E-state index is 5.75. The van der Waals surface area contributed by atoms with Gasteiger partial charge in [0.25, 0.3) is 0 Å². The highest BCUT2D eigenvalue weighted by atomic mass is 79.9. The Hall–Kier alpha value is -0.800. The molecule has 1 aromatic carbocycles. The molecule has 2 aromatic rings. The number of hydrogen-bond acceptors (Lipinski definition) is 1. The number of benzene rings is 1. The van der Waals surface area contributed by atoms with Gasteiger partial charge in [0.1, 0.15) is 0 Å². The van der Waals surface area contributed by atoms with Crippen molar-refractivity contribution in [2.24, 2.45) is 5.73 Å². The van der Waals surface area contributed by atoms with Gasteiger partial charge in [-0.15, -0.1) is 0 Å². The lowest BCUT2D eigenvalue weighted by atomic mass is 10.2. The highest BCUT2D eigenvalue weighted by Gasteiger charge is 2.04. The first kappa shape index (κ1) is 9.74. The van der Waals surface area contributed by atoms with Gasteiger partial charge >= 0.3 is 0 Å². The summed E-state index contributed by atoms with van der Waals surface area (Å²) < 4.78 is 1.13. The van der Waals surface area contributed by atoms with Gasteiger partial charge in [0.2, 0.25) is 0 Å². The second-order valence-electron chi connectivity index (χ2n) is 3.68. The molecule has 14 heavy (non-hydrogen) atoms. The van der Waals surface area contributed by atoms with Crippen LogP contribution in [0, 0.1) is 0 Å². The minimum Gasteiger partial charge on any atom is -0.358 e. The molecule has 0 fully saturated rings. The number of aromatic nitrogens is 1. The number of hydrogen-bond donors (Lipinski definition) is 2. The van der Waals surface area contributed by atoms with Crippen molar-refractivity contribution >= 4 is 26.8 Å². The van der Waals surface area contributed by atoms with Crippen molar-refractivity contribution in [2.75, 3.05) is 0 Å². The van der Waals surface area contributed by atoms with Crippen LogP contribution in [0.2, 0.25) is 0 Å². The zero-order valence-electron chi connectivity index (χ0n) is 8.05. The van der Waals surface area contributed by atoms with Gasteiger partial charge in [0.15, 0.2) is 0 Å². The van der Waals surface area contributed by atoms with E-state index in [2.05, 4.69) is 33.0 Å². The van der Waals surface area contributed by atoms with Gasteiger partial charge in [-0.3, -0.25) is 0 Å². The van der Waals surface area contributed by atoms with Crippen molar-refractivity contribution < 1.29 is 0 Å². The quantitative estimate of drug-likeness (QED) is 0.849. The van der Waals surface area contributed by atoms with Crippen molar-refractivity contribution in [3.63, 3.8) is 0 Å². The number of nitrogens with two attached hydrogens (primary N) is 1. The van der Waals surface area contributed by atoms with E-state index in [-0.39, 0.29) is 6.04 Å². The van der Waals surface area contributed by atoms with E-state index in [1.54, 1.807) is 0 Å². The molecule has 1 heterocycles. The summed E-state index contributed by atoms with van der Waals surface area (Å²) in [7, 11) is 0. The molecule has 0 aliphatic heterocycles. The molecule has 2 nitrogen and oxygen atoms in total. The van der Waals surface area contributed by atoms with E-state index in [1.165, 1.54) is 11.1 Å². The van der Waals surface area contributed by atoms with Crippen LogP contribution in [0.1, 0.15) is 12.6 Å². The largest absolute Gasteiger partial charge is 0.358 e. The van der Waals surface area contributed by atoms with Crippen LogP contribution < -0.4 is 5.73 Å². The molecule has 0 saturated heterocycles. The van der Waals surface area contributed by atoms with Crippen LogP contribution in [0.15, 0.2) is 28.7 Å². The fraction of sp³-hybridized carbons (Fsp3) is 0.273. The molecule has 0 radical (unpaired) electrons. The van der Waals surface area contributed by atoms with Crippen LogP contribution in [0.25, 0.3) is 10.9 Å². The molecule has 2 rings (SSSR count). The number of nitrogens with one attached hydrogen (secondary N) is 1. The van der Waals surface area contributed by atoms with Crippen LogP contribution in [0.5, 0.6) is 0 Å². The molecule has 0 bridgehead atoms. The normalized spacial score (nSPS) is 13.4. The maximum absolute atomic E-state index is 5.75. The van der Waals surface area contributed by atoms with Crippen LogP contribution in [0.3, 0.4) is 0 Å². The third-order valence-electron chi connectivity index (χ3n) is 2.21. The second-order valence-corrected chi connectivity index (χ2v) is 4.53. The highest BCUT2D eigenvalue weighted by Crippen LogP contribution is 2.24. The SMILES string of the molecule is CC(N)Cc1cc2c(Br)cccc2[nH]1. The summed E-state index contributed by atoms with van der Waals surface area (Å²) in [4.78, 5) is 3.36. The summed E-state index contributed by atoms with van der Waals surface area (Å²) in [5, 5.41) is 1.23. The van der Waals surface area contributed by atoms with E-state index in [1.807, 2.05) is 19.1 Å². The molecule has 0 aliphatic carbocycles. The Labute approximate surface area is 91.6 Å². The molecular weight excluding hydrogens is 240 g/mol. The van der Waals surface area contributed by atoms with Crippen LogP contribution in [0.4, 0.5) is 0 Å². The number of aromatic amines is 1. The average molecular weight is 253 g/mol. The molecule has 0 aliphatic rings. The van der Waals surface area contributed by atoms with Crippen LogP contribution >= 0.6 is 15.9 Å². The first-order chi connectivity index (χ1) is 6.66. The maximum Gasteiger partial charge on any atom is 0.0467 e. The van der Waals surface area contributed by atoms with Gasteiger partial charge in [0.05, 0.1) is 0 Å². The third-order valence-corrected chi connectivity index (χ3v) is 2.90. The Kier molecular flexibility index (Phi) is 2.61. The van der Waals surface area contributed by atoms with Gasteiger partial charge < -0.3 is 10.7 Å². The lowest BCUT2D eigenvalue weighted by Gasteiger charge is -2.00. The lowest BCUT2D eigenvalue weighted by molar-refractivity contribution is 0.727. The van der Waals surface area contributed by atoms with Crippen molar-refractivity contribution in [1.82, 2.24) is 4.98 Å². The molecule has 1 unspecified atom stereocenters. The second kappa shape index (κ2) is 3.75. The van der Waals surface area contributed by atoms with Crippen molar-refractivity contribution in [3.05, 3.63) is 34.4 Å². The van der Waals surface area contributed by atoms with Gasteiger partial charge in [0, 0.05) is 33.5 Å². The van der Waals surface area contributed by atoms with Gasteiger partial charge in [-0.25, -0.2) is 0 Å². The Bertz CT molecular complexity index is 445. The summed E-state index contributed by atoms with van der Waals surface area (Å²) in [6.45, 7) is 2.01. The molecule has 1 aromatic heterocycles. The highest BCUT2D eigenvalue weighted by molar-refractivity contribution is 9.10. The fourth-order valence-electron chi connectivity index (χ4n) is 1.63. The molecule has 3 heteroatoms. The number of halogens is 1. The number of H-pyrrole nitrogens is 1. The van der Waals surface area contributed by atoms with E-state index >= 15 is 0 Å². The van der Waals surface area contributed by atoms with E-state index in [9.17, 15) is 0 Å². The standard InChI is InChI=1S/C11H13BrN2/c1-7(13)5-8-6-9-10(12)3-2-4-11(9)14-8/h2-4,6-7,14H,5,13H2,1H3. The molecule has 74 valence electrons. The van der Waals surface area contributed by atoms with E-state index in [4.69, 9.17) is 5.73 Å². The van der Waals surface area contributed by atoms with Crippen molar-refractivity contribution in [3.8, 4) is 0 Å². The summed E-state index contributed by atoms with van der Waals surface area (Å²) in [5.74, 6) is 0. The minimum atomic E-state index is 0.196. The summed E-state index contributed by atoms with van der Waals surface area (Å²) in [6, 6.07) is 8.50. The molecule has 1 atom stereocenters. The van der Waals surface area contributed by atoms with Crippen molar-refractivity contribution in [1.29, 1.82) is 0 Å². The van der Waals surface area contributed by atoms with E-state index < -0.39 is 0 Å². The molecule has 0 saturated carbocycles. The smallest absolute Gasteiger partial charge is 0.0467 e. The van der Waals surface area contributed by atoms with E-state index in [0.29, 0.717) is 0 Å². The molecule has 0 amide bonds. The number of fused-ring (bicyclic) bond motifs is 1. The number of rotatable bonds is 2. The first-order valence-corrected chi connectivity index (χ1v) is 5.48. The monoisotopic (exact) mass is 252 g/mol. The fourth-order valence-corrected chi connectivity index (χ4v) is 2.11. The summed E-state index contributed by atoms with van der Waals surface area (Å²) in [6.07, 6.45) is 0.890. The average Bonchev–Trinajstić information content (AvgIpc) is 2.47. The zero-order chi connectivity index (χ0) is 10.1. The molecule has 0 spiro atoms. The Morgan fingerprint density at radius 3 is 2.93 bits per heavy atom. The van der Waals surface area contributed by atoms with Gasteiger partial charge in [-0.2, -0.15) is 0 Å². The van der Waals surface area contributed by atoms with Crippen LogP contribution in [-0.4, -0.2) is 11.0 Å². The summed E-state index contributed by atoms with van der Waals surface area (Å²) >= 11 is 3.53. The third kappa shape index (κ3) is 1.83. The van der Waals surface area contributed by atoms with Gasteiger partial charge in [-0.1, -0.05) is 22.0 Å². The topological polar surface area (TPSA) is 41.8 Å².